The van der Waals surface area contributed by atoms with Crippen LogP contribution in [0.5, 0.6) is 0 Å². The number of hydrogen-bond donors (Lipinski definition) is 1. The van der Waals surface area contributed by atoms with E-state index < -0.39 is 15.8 Å². The summed E-state index contributed by atoms with van der Waals surface area (Å²) in [7, 11) is -3.81. The SMILES string of the molecule is CC1=CCCN(S(=O)(=O)c2ccc(CO)cc2F)C1. The van der Waals surface area contributed by atoms with Gasteiger partial charge in [-0.05, 0) is 31.0 Å². The van der Waals surface area contributed by atoms with E-state index in [2.05, 4.69) is 0 Å². The molecule has 0 unspecified atom stereocenters. The molecule has 1 aliphatic heterocycles. The van der Waals surface area contributed by atoms with E-state index in [1.54, 1.807) is 0 Å². The monoisotopic (exact) mass is 285 g/mol. The molecule has 104 valence electrons. The van der Waals surface area contributed by atoms with Crippen molar-refractivity contribution < 1.29 is 17.9 Å². The summed E-state index contributed by atoms with van der Waals surface area (Å²) < 4.78 is 39.8. The van der Waals surface area contributed by atoms with Crippen LogP contribution < -0.4 is 0 Å². The molecule has 0 radical (unpaired) electrons. The molecule has 0 fully saturated rings. The van der Waals surface area contributed by atoms with Gasteiger partial charge in [-0.3, -0.25) is 0 Å². The van der Waals surface area contributed by atoms with Crippen molar-refractivity contribution in [2.24, 2.45) is 0 Å². The zero-order valence-electron chi connectivity index (χ0n) is 10.6. The smallest absolute Gasteiger partial charge is 0.246 e. The van der Waals surface area contributed by atoms with Crippen LogP contribution in [0.1, 0.15) is 18.9 Å². The Bertz CT molecular complexity index is 610. The summed E-state index contributed by atoms with van der Waals surface area (Å²) in [6.45, 7) is 2.19. The standard InChI is InChI=1S/C13H16FNO3S/c1-10-3-2-6-15(8-10)19(17,18)13-5-4-11(9-16)7-12(13)14/h3-5,7,16H,2,6,8-9H2,1H3. The fourth-order valence-corrected chi connectivity index (χ4v) is 3.62. The maximum absolute atomic E-state index is 13.9. The first-order valence-electron chi connectivity index (χ1n) is 6.00. The van der Waals surface area contributed by atoms with E-state index in [1.165, 1.54) is 16.4 Å². The first-order chi connectivity index (χ1) is 8.95. The van der Waals surface area contributed by atoms with E-state index in [0.29, 0.717) is 25.1 Å². The minimum absolute atomic E-state index is 0.295. The lowest BCUT2D eigenvalue weighted by molar-refractivity contribution is 0.281. The van der Waals surface area contributed by atoms with E-state index >= 15 is 0 Å². The molecule has 0 amide bonds. The molecule has 19 heavy (non-hydrogen) atoms. The third-order valence-electron chi connectivity index (χ3n) is 3.09. The Labute approximate surface area is 112 Å². The molecule has 0 aliphatic carbocycles. The third-order valence-corrected chi connectivity index (χ3v) is 4.97. The van der Waals surface area contributed by atoms with Gasteiger partial charge in [0, 0.05) is 13.1 Å². The van der Waals surface area contributed by atoms with Gasteiger partial charge in [0.2, 0.25) is 10.0 Å². The number of rotatable bonds is 3. The first kappa shape index (κ1) is 14.2. The number of sulfonamides is 1. The molecule has 0 bridgehead atoms. The summed E-state index contributed by atoms with van der Waals surface area (Å²) in [5.41, 5.74) is 1.31. The molecular weight excluding hydrogens is 269 g/mol. The van der Waals surface area contributed by atoms with Gasteiger partial charge in [-0.25, -0.2) is 12.8 Å². The number of nitrogens with zero attached hydrogens (tertiary/aromatic N) is 1. The Hall–Kier alpha value is -1.24. The fourth-order valence-electron chi connectivity index (χ4n) is 2.07. The van der Waals surface area contributed by atoms with Crippen LogP contribution in [-0.2, 0) is 16.6 Å². The van der Waals surface area contributed by atoms with Gasteiger partial charge in [-0.2, -0.15) is 4.31 Å². The normalized spacial score (nSPS) is 17.3. The molecule has 0 aromatic heterocycles. The summed E-state index contributed by atoms with van der Waals surface area (Å²) in [5, 5.41) is 8.91. The van der Waals surface area contributed by atoms with E-state index in [9.17, 15) is 12.8 Å². The summed E-state index contributed by atoms with van der Waals surface area (Å²) in [6, 6.07) is 3.69. The Balaban J connectivity index is 2.37. The number of aliphatic hydroxyl groups excluding tert-OH is 1. The second-order valence-corrected chi connectivity index (χ2v) is 6.51. The zero-order valence-corrected chi connectivity index (χ0v) is 11.5. The maximum atomic E-state index is 13.9. The molecule has 1 heterocycles. The molecular formula is C13H16FNO3S. The highest BCUT2D eigenvalue weighted by Gasteiger charge is 2.28. The van der Waals surface area contributed by atoms with Gasteiger partial charge in [0.25, 0.3) is 0 Å². The molecule has 1 N–H and O–H groups in total. The molecule has 1 aromatic rings. The molecule has 0 saturated heterocycles. The molecule has 0 spiro atoms. The second kappa shape index (κ2) is 5.40. The molecule has 1 aliphatic rings. The van der Waals surface area contributed by atoms with Crippen LogP contribution in [0.4, 0.5) is 4.39 Å². The minimum Gasteiger partial charge on any atom is -0.392 e. The van der Waals surface area contributed by atoms with Crippen LogP contribution in [0.3, 0.4) is 0 Å². The van der Waals surface area contributed by atoms with Crippen molar-refractivity contribution in [3.63, 3.8) is 0 Å². The van der Waals surface area contributed by atoms with Gasteiger partial charge < -0.3 is 5.11 Å². The third kappa shape index (κ3) is 2.86. The molecule has 4 nitrogen and oxygen atoms in total. The van der Waals surface area contributed by atoms with Gasteiger partial charge in [0.15, 0.2) is 0 Å². The first-order valence-corrected chi connectivity index (χ1v) is 7.44. The highest BCUT2D eigenvalue weighted by molar-refractivity contribution is 7.89. The summed E-state index contributed by atoms with van der Waals surface area (Å²) in [6.07, 6.45) is 2.62. The quantitative estimate of drug-likeness (QED) is 0.859. The molecule has 6 heteroatoms. The van der Waals surface area contributed by atoms with Crippen molar-refractivity contribution in [1.82, 2.24) is 4.31 Å². The largest absolute Gasteiger partial charge is 0.392 e. The molecule has 0 atom stereocenters. The molecule has 2 rings (SSSR count). The van der Waals surface area contributed by atoms with Crippen molar-refractivity contribution in [3.8, 4) is 0 Å². The average Bonchev–Trinajstić information content (AvgIpc) is 2.38. The Morgan fingerprint density at radius 1 is 1.42 bits per heavy atom. The van der Waals surface area contributed by atoms with Crippen LogP contribution in [0.25, 0.3) is 0 Å². The van der Waals surface area contributed by atoms with Crippen molar-refractivity contribution in [1.29, 1.82) is 0 Å². The second-order valence-electron chi connectivity index (χ2n) is 4.60. The lowest BCUT2D eigenvalue weighted by atomic mass is 10.2. The Morgan fingerprint density at radius 3 is 2.74 bits per heavy atom. The Morgan fingerprint density at radius 2 is 2.16 bits per heavy atom. The number of aliphatic hydroxyl groups is 1. The summed E-state index contributed by atoms with van der Waals surface area (Å²) >= 11 is 0. The fraction of sp³-hybridized carbons (Fsp3) is 0.385. The van der Waals surface area contributed by atoms with E-state index in [0.717, 1.165) is 11.6 Å². The summed E-state index contributed by atoms with van der Waals surface area (Å²) in [5.74, 6) is -0.821. The predicted octanol–water partition coefficient (Wildman–Crippen LogP) is 1.66. The number of halogens is 1. The average molecular weight is 285 g/mol. The van der Waals surface area contributed by atoms with Gasteiger partial charge in [-0.15, -0.1) is 0 Å². The summed E-state index contributed by atoms with van der Waals surface area (Å²) in [4.78, 5) is -0.334. The van der Waals surface area contributed by atoms with E-state index in [4.69, 9.17) is 5.11 Å². The number of hydrogen-bond acceptors (Lipinski definition) is 3. The van der Waals surface area contributed by atoms with E-state index in [-0.39, 0.29) is 11.5 Å². The predicted molar refractivity (Wildman–Crippen MR) is 69.5 cm³/mol. The van der Waals surface area contributed by atoms with Gasteiger partial charge in [0.1, 0.15) is 10.7 Å². The lowest BCUT2D eigenvalue weighted by Gasteiger charge is -2.25. The van der Waals surface area contributed by atoms with Crippen LogP contribution in [0, 0.1) is 5.82 Å². The van der Waals surface area contributed by atoms with Gasteiger partial charge in [-0.1, -0.05) is 17.7 Å². The van der Waals surface area contributed by atoms with Crippen molar-refractivity contribution in [2.75, 3.05) is 13.1 Å². The van der Waals surface area contributed by atoms with Gasteiger partial charge >= 0.3 is 0 Å². The Kier molecular flexibility index (Phi) is 4.03. The van der Waals surface area contributed by atoms with Crippen LogP contribution >= 0.6 is 0 Å². The van der Waals surface area contributed by atoms with Crippen LogP contribution in [0.2, 0.25) is 0 Å². The van der Waals surface area contributed by atoms with Crippen molar-refractivity contribution in [3.05, 3.63) is 41.2 Å². The van der Waals surface area contributed by atoms with Crippen LogP contribution in [-0.4, -0.2) is 30.9 Å². The van der Waals surface area contributed by atoms with Crippen LogP contribution in [0.15, 0.2) is 34.7 Å². The molecule has 1 aromatic carbocycles. The lowest BCUT2D eigenvalue weighted by Crippen LogP contribution is -2.35. The highest BCUT2D eigenvalue weighted by Crippen LogP contribution is 2.23. The maximum Gasteiger partial charge on any atom is 0.246 e. The topological polar surface area (TPSA) is 57.6 Å². The minimum atomic E-state index is -3.81. The van der Waals surface area contributed by atoms with Gasteiger partial charge in [0.05, 0.1) is 6.61 Å². The highest BCUT2D eigenvalue weighted by atomic mass is 32.2. The van der Waals surface area contributed by atoms with Crippen molar-refractivity contribution in [2.45, 2.75) is 24.8 Å². The zero-order chi connectivity index (χ0) is 14.0. The van der Waals surface area contributed by atoms with Crippen molar-refractivity contribution >= 4 is 10.0 Å². The number of benzene rings is 1. The van der Waals surface area contributed by atoms with E-state index in [1.807, 2.05) is 13.0 Å². The molecule has 0 saturated carbocycles.